The minimum atomic E-state index is -0.216. The molecule has 0 radical (unpaired) electrons. The van der Waals surface area contributed by atoms with Crippen LogP contribution in [0.5, 0.6) is 0 Å². The van der Waals surface area contributed by atoms with E-state index in [1.807, 2.05) is 24.3 Å². The van der Waals surface area contributed by atoms with E-state index in [2.05, 4.69) is 84.9 Å². The first kappa shape index (κ1) is 25.8. The second kappa shape index (κ2) is 11.0. The van der Waals surface area contributed by atoms with Crippen LogP contribution >= 0.6 is 34.0 Å². The first-order valence-corrected chi connectivity index (χ1v) is 15.6. The van der Waals surface area contributed by atoms with Gasteiger partial charge in [-0.2, -0.15) is 0 Å². The highest BCUT2D eigenvalue weighted by Gasteiger charge is 2.10. The van der Waals surface area contributed by atoms with Gasteiger partial charge in [0.15, 0.2) is 0 Å². The lowest BCUT2D eigenvalue weighted by Crippen LogP contribution is -1.75. The second-order valence-corrected chi connectivity index (χ2v) is 12.9. The Bertz CT molecular complexity index is 1780. The van der Waals surface area contributed by atoms with Gasteiger partial charge < -0.3 is 0 Å². The molecule has 0 aliphatic heterocycles. The van der Waals surface area contributed by atoms with Gasteiger partial charge >= 0.3 is 0 Å². The summed E-state index contributed by atoms with van der Waals surface area (Å²) >= 11 is 5.22. The van der Waals surface area contributed by atoms with Crippen molar-refractivity contribution >= 4 is 34.0 Å². The average molecular weight is 589 g/mol. The van der Waals surface area contributed by atoms with Crippen molar-refractivity contribution in [2.45, 2.75) is 0 Å². The topological polar surface area (TPSA) is 0 Å². The predicted octanol–water partition coefficient (Wildman–Crippen LogP) is 12.2. The van der Waals surface area contributed by atoms with Crippen LogP contribution in [0.25, 0.3) is 62.6 Å². The summed E-state index contributed by atoms with van der Waals surface area (Å²) < 4.78 is 26.6. The third-order valence-electron chi connectivity index (χ3n) is 6.98. The van der Waals surface area contributed by atoms with E-state index in [0.717, 1.165) is 20.9 Å². The summed E-state index contributed by atoms with van der Waals surface area (Å²) in [6, 6.07) is 43.6. The molecule has 0 aliphatic rings. The summed E-state index contributed by atoms with van der Waals surface area (Å²) in [6.07, 6.45) is 0. The molecule has 4 aromatic carbocycles. The zero-order valence-corrected chi connectivity index (χ0v) is 24.1. The number of halogens is 2. The van der Waals surface area contributed by atoms with E-state index in [-0.39, 0.29) is 11.6 Å². The van der Waals surface area contributed by atoms with Crippen molar-refractivity contribution in [1.29, 1.82) is 0 Å². The largest absolute Gasteiger partial charge is 0.207 e. The Morgan fingerprint density at radius 2 is 0.415 bits per heavy atom. The number of hydrogen-bond acceptors (Lipinski definition) is 3. The van der Waals surface area contributed by atoms with Crippen LogP contribution in [0.1, 0.15) is 0 Å². The molecular formula is C36H22F2S3. The first-order chi connectivity index (χ1) is 20.1. The first-order valence-electron chi connectivity index (χ1n) is 13.1. The van der Waals surface area contributed by atoms with Crippen molar-refractivity contribution in [2.75, 3.05) is 0 Å². The quantitative estimate of drug-likeness (QED) is 0.181. The van der Waals surface area contributed by atoms with Gasteiger partial charge in [-0.1, -0.05) is 72.8 Å². The Labute approximate surface area is 249 Å². The monoisotopic (exact) mass is 588 g/mol. The minimum absolute atomic E-state index is 0.216. The molecule has 0 spiro atoms. The van der Waals surface area contributed by atoms with Crippen LogP contribution in [0, 0.1) is 11.6 Å². The van der Waals surface area contributed by atoms with Crippen molar-refractivity contribution in [2.24, 2.45) is 0 Å². The van der Waals surface area contributed by atoms with Crippen LogP contribution in [0.15, 0.2) is 133 Å². The van der Waals surface area contributed by atoms with Gasteiger partial charge in [0.05, 0.1) is 0 Å². The van der Waals surface area contributed by atoms with E-state index < -0.39 is 0 Å². The van der Waals surface area contributed by atoms with Crippen LogP contribution in [0.2, 0.25) is 0 Å². The van der Waals surface area contributed by atoms with Gasteiger partial charge in [0, 0.05) is 29.3 Å². The molecule has 41 heavy (non-hydrogen) atoms. The highest BCUT2D eigenvalue weighted by molar-refractivity contribution is 7.19. The third kappa shape index (κ3) is 5.44. The normalized spacial score (nSPS) is 11.2. The lowest BCUT2D eigenvalue weighted by molar-refractivity contribution is 0.627. The minimum Gasteiger partial charge on any atom is -0.207 e. The zero-order valence-electron chi connectivity index (χ0n) is 21.7. The summed E-state index contributed by atoms with van der Waals surface area (Å²) in [7, 11) is 0. The van der Waals surface area contributed by atoms with Gasteiger partial charge in [-0.05, 0) is 94.0 Å². The molecule has 0 bridgehead atoms. The molecule has 0 saturated heterocycles. The van der Waals surface area contributed by atoms with Crippen molar-refractivity contribution in [3.8, 4) is 62.6 Å². The molecule has 3 aromatic heterocycles. The Kier molecular flexibility index (Phi) is 6.93. The lowest BCUT2D eigenvalue weighted by Gasteiger charge is -2.02. The molecule has 3 heterocycles. The van der Waals surface area contributed by atoms with Gasteiger partial charge in [-0.15, -0.1) is 34.0 Å². The molecule has 0 N–H and O–H groups in total. The number of benzene rings is 4. The molecule has 7 rings (SSSR count). The molecule has 0 atom stereocenters. The summed E-state index contributed by atoms with van der Waals surface area (Å²) in [6.45, 7) is 0. The fraction of sp³-hybridized carbons (Fsp3) is 0. The van der Waals surface area contributed by atoms with Gasteiger partial charge in [0.25, 0.3) is 0 Å². The highest BCUT2D eigenvalue weighted by Crippen LogP contribution is 2.39. The molecule has 0 aliphatic carbocycles. The summed E-state index contributed by atoms with van der Waals surface area (Å²) in [5, 5.41) is 0. The standard InChI is InChI=1S/C36H22F2S3/c37-29-13-9-27(10-14-29)35-21-19-33(40-35)25-5-1-23(2-6-25)31-17-18-32(39-31)24-3-7-26(8-4-24)34-20-22-36(41-34)28-11-15-30(38)16-12-28/h1-22H. The van der Waals surface area contributed by atoms with Crippen LogP contribution < -0.4 is 0 Å². The van der Waals surface area contributed by atoms with E-state index in [0.29, 0.717) is 0 Å². The Morgan fingerprint density at radius 3 is 0.610 bits per heavy atom. The van der Waals surface area contributed by atoms with E-state index >= 15 is 0 Å². The summed E-state index contributed by atoms with van der Waals surface area (Å²) in [5.41, 5.74) is 6.81. The Hall–Kier alpha value is -4.16. The molecule has 0 nitrogen and oxygen atoms in total. The smallest absolute Gasteiger partial charge is 0.123 e. The molecule has 0 fully saturated rings. The van der Waals surface area contributed by atoms with Crippen molar-refractivity contribution in [1.82, 2.24) is 0 Å². The van der Waals surface area contributed by atoms with Crippen molar-refractivity contribution in [3.05, 3.63) is 145 Å². The van der Waals surface area contributed by atoms with Crippen LogP contribution in [-0.4, -0.2) is 0 Å². The number of thiophene rings is 3. The maximum absolute atomic E-state index is 13.3. The number of rotatable bonds is 6. The average Bonchev–Trinajstić information content (AvgIpc) is 3.80. The third-order valence-corrected chi connectivity index (χ3v) is 10.5. The van der Waals surface area contributed by atoms with E-state index in [9.17, 15) is 8.78 Å². The van der Waals surface area contributed by atoms with Gasteiger partial charge in [-0.25, -0.2) is 8.78 Å². The van der Waals surface area contributed by atoms with Crippen LogP contribution in [0.4, 0.5) is 8.78 Å². The Balaban J connectivity index is 1.06. The van der Waals surface area contributed by atoms with Crippen LogP contribution in [-0.2, 0) is 0 Å². The maximum atomic E-state index is 13.3. The molecule has 5 heteroatoms. The molecular weight excluding hydrogens is 567 g/mol. The summed E-state index contributed by atoms with van der Waals surface area (Å²) in [5.74, 6) is -0.433. The fourth-order valence-corrected chi connectivity index (χ4v) is 7.82. The molecule has 0 amide bonds. The molecule has 7 aromatic rings. The molecule has 0 unspecified atom stereocenters. The van der Waals surface area contributed by atoms with Gasteiger partial charge in [0.1, 0.15) is 11.6 Å². The lowest BCUT2D eigenvalue weighted by atomic mass is 10.1. The SMILES string of the molecule is Fc1ccc(-c2ccc(-c3ccc(-c4ccc(-c5ccc(-c6ccc(-c7ccc(F)cc7)s6)cc5)s4)cc3)s2)cc1. The van der Waals surface area contributed by atoms with Crippen molar-refractivity contribution < 1.29 is 8.78 Å². The predicted molar refractivity (Wildman–Crippen MR) is 173 cm³/mol. The Morgan fingerprint density at radius 1 is 0.244 bits per heavy atom. The second-order valence-electron chi connectivity index (χ2n) is 9.66. The van der Waals surface area contributed by atoms with Crippen LogP contribution in [0.3, 0.4) is 0 Å². The molecule has 198 valence electrons. The van der Waals surface area contributed by atoms with Gasteiger partial charge in [-0.3, -0.25) is 0 Å². The molecule has 0 saturated carbocycles. The maximum Gasteiger partial charge on any atom is 0.123 e. The summed E-state index contributed by atoms with van der Waals surface area (Å²) in [4.78, 5) is 7.11. The highest BCUT2D eigenvalue weighted by atomic mass is 32.1. The zero-order chi connectivity index (χ0) is 27.8. The van der Waals surface area contributed by atoms with E-state index in [1.165, 1.54) is 66.0 Å². The van der Waals surface area contributed by atoms with E-state index in [4.69, 9.17) is 0 Å². The van der Waals surface area contributed by atoms with Crippen molar-refractivity contribution in [3.63, 3.8) is 0 Å². The van der Waals surface area contributed by atoms with E-state index in [1.54, 1.807) is 34.0 Å². The number of hydrogen-bond donors (Lipinski definition) is 0. The van der Waals surface area contributed by atoms with Gasteiger partial charge in [0.2, 0.25) is 0 Å². The fourth-order valence-electron chi connectivity index (χ4n) is 4.77.